The fourth-order valence-electron chi connectivity index (χ4n) is 2.92. The van der Waals surface area contributed by atoms with Crippen molar-refractivity contribution in [1.29, 1.82) is 5.26 Å². The van der Waals surface area contributed by atoms with Gasteiger partial charge in [-0.3, -0.25) is 0 Å². The van der Waals surface area contributed by atoms with Crippen LogP contribution in [0.5, 0.6) is 5.75 Å². The van der Waals surface area contributed by atoms with E-state index in [0.717, 1.165) is 32.2 Å². The summed E-state index contributed by atoms with van der Waals surface area (Å²) < 4.78 is 21.5. The number of rotatable bonds is 1. The first-order valence-corrected chi connectivity index (χ1v) is 8.16. The van der Waals surface area contributed by atoms with Crippen molar-refractivity contribution in [2.75, 3.05) is 6.61 Å². The van der Waals surface area contributed by atoms with Crippen LogP contribution < -0.4 is 4.74 Å². The highest BCUT2D eigenvalue weighted by Crippen LogP contribution is 2.43. The van der Waals surface area contributed by atoms with Crippen LogP contribution >= 0.6 is 15.9 Å². The molecule has 118 valence electrons. The van der Waals surface area contributed by atoms with Gasteiger partial charge in [0.15, 0.2) is 0 Å². The molecule has 24 heavy (non-hydrogen) atoms. The maximum absolute atomic E-state index is 13.2. The van der Waals surface area contributed by atoms with Crippen LogP contribution in [0.1, 0.15) is 12.0 Å². The molecule has 2 heterocycles. The minimum atomic E-state index is -0.290. The summed E-state index contributed by atoms with van der Waals surface area (Å²) in [6.07, 6.45) is 4.01. The Bertz CT molecular complexity index is 1020. The second kappa shape index (κ2) is 5.77. The maximum atomic E-state index is 13.2. The van der Waals surface area contributed by atoms with Gasteiger partial charge >= 0.3 is 0 Å². The Morgan fingerprint density at radius 2 is 2.12 bits per heavy atom. The molecule has 0 saturated carbocycles. The Labute approximate surface area is 145 Å². The molecule has 1 aliphatic heterocycles. The van der Waals surface area contributed by atoms with E-state index in [2.05, 4.69) is 27.1 Å². The zero-order chi connectivity index (χ0) is 16.7. The van der Waals surface area contributed by atoms with E-state index in [-0.39, 0.29) is 5.82 Å². The number of nitrogens with zero attached hydrogens (tertiary/aromatic N) is 3. The lowest BCUT2D eigenvalue weighted by Gasteiger charge is -2.21. The zero-order valence-corrected chi connectivity index (χ0v) is 14.0. The van der Waals surface area contributed by atoms with Gasteiger partial charge in [0, 0.05) is 23.4 Å². The molecule has 0 atom stereocenters. The van der Waals surface area contributed by atoms with Crippen molar-refractivity contribution in [3.63, 3.8) is 0 Å². The second-order valence-corrected chi connectivity index (χ2v) is 6.23. The van der Waals surface area contributed by atoms with Crippen LogP contribution in [0.3, 0.4) is 0 Å². The number of nitriles is 1. The number of hydrogen-bond donors (Lipinski definition) is 0. The van der Waals surface area contributed by atoms with E-state index < -0.39 is 0 Å². The van der Waals surface area contributed by atoms with Crippen molar-refractivity contribution in [1.82, 2.24) is 9.78 Å². The Hall–Kier alpha value is -2.65. The van der Waals surface area contributed by atoms with Gasteiger partial charge in [-0.05, 0) is 51.8 Å². The normalized spacial score (nSPS) is 15.1. The summed E-state index contributed by atoms with van der Waals surface area (Å²) >= 11 is 3.62. The van der Waals surface area contributed by atoms with E-state index in [1.54, 1.807) is 29.1 Å². The Kier molecular flexibility index (Phi) is 3.58. The van der Waals surface area contributed by atoms with Gasteiger partial charge in [0.1, 0.15) is 11.6 Å². The predicted molar refractivity (Wildman–Crippen MR) is 92.4 cm³/mol. The third kappa shape index (κ3) is 2.29. The van der Waals surface area contributed by atoms with Crippen molar-refractivity contribution < 1.29 is 9.13 Å². The Morgan fingerprint density at radius 3 is 2.88 bits per heavy atom. The van der Waals surface area contributed by atoms with E-state index in [0.29, 0.717) is 18.8 Å². The van der Waals surface area contributed by atoms with E-state index in [1.807, 2.05) is 6.07 Å². The van der Waals surface area contributed by atoms with Crippen LogP contribution in [0.15, 0.2) is 47.1 Å². The second-order valence-electron chi connectivity index (χ2n) is 5.43. The van der Waals surface area contributed by atoms with Crippen LogP contribution in [0.4, 0.5) is 4.39 Å². The van der Waals surface area contributed by atoms with Crippen molar-refractivity contribution in [3.8, 4) is 17.5 Å². The van der Waals surface area contributed by atoms with E-state index in [4.69, 9.17) is 10.00 Å². The highest BCUT2D eigenvalue weighted by Gasteiger charge is 2.23. The lowest BCUT2D eigenvalue weighted by Crippen LogP contribution is -2.09. The first-order valence-electron chi connectivity index (χ1n) is 7.37. The number of aromatic nitrogens is 2. The number of allylic oxidation sites excluding steroid dienone is 1. The Balaban J connectivity index is 1.97. The predicted octanol–water partition coefficient (Wildman–Crippen LogP) is 4.62. The highest BCUT2D eigenvalue weighted by molar-refractivity contribution is 9.10. The molecule has 0 fully saturated rings. The van der Waals surface area contributed by atoms with Crippen LogP contribution in [0, 0.1) is 17.1 Å². The van der Waals surface area contributed by atoms with Gasteiger partial charge in [-0.2, -0.15) is 10.4 Å². The van der Waals surface area contributed by atoms with Crippen LogP contribution in [0.25, 0.3) is 22.2 Å². The first-order chi connectivity index (χ1) is 11.7. The molecule has 4 nitrogen and oxygen atoms in total. The molecule has 0 spiro atoms. The van der Waals surface area contributed by atoms with Crippen molar-refractivity contribution in [3.05, 3.63) is 58.5 Å². The SMILES string of the molecule is N#C/C=C1\CCOc2c1cc1cnn(-c3ccc(F)cc3)c1c2Br. The summed E-state index contributed by atoms with van der Waals surface area (Å²) in [7, 11) is 0. The summed E-state index contributed by atoms with van der Waals surface area (Å²) in [5.74, 6) is 0.417. The summed E-state index contributed by atoms with van der Waals surface area (Å²) in [4.78, 5) is 0. The van der Waals surface area contributed by atoms with Gasteiger partial charge in [-0.1, -0.05) is 0 Å². The smallest absolute Gasteiger partial charge is 0.143 e. The van der Waals surface area contributed by atoms with Gasteiger partial charge in [-0.15, -0.1) is 0 Å². The number of hydrogen-bond acceptors (Lipinski definition) is 3. The van der Waals surface area contributed by atoms with Gasteiger partial charge < -0.3 is 4.74 Å². The van der Waals surface area contributed by atoms with Gasteiger partial charge in [0.05, 0.1) is 34.5 Å². The number of halogens is 2. The third-order valence-electron chi connectivity index (χ3n) is 4.02. The lowest BCUT2D eigenvalue weighted by atomic mass is 9.98. The molecule has 0 N–H and O–H groups in total. The third-order valence-corrected chi connectivity index (χ3v) is 4.76. The molecule has 0 aliphatic carbocycles. The molecule has 0 radical (unpaired) electrons. The summed E-state index contributed by atoms with van der Waals surface area (Å²) in [6, 6.07) is 10.2. The average Bonchev–Trinajstić information content (AvgIpc) is 3.01. The van der Waals surface area contributed by atoms with Gasteiger partial charge in [0.2, 0.25) is 0 Å². The molecule has 4 rings (SSSR count). The minimum absolute atomic E-state index is 0.290. The van der Waals surface area contributed by atoms with E-state index in [9.17, 15) is 4.39 Å². The lowest BCUT2D eigenvalue weighted by molar-refractivity contribution is 0.315. The minimum Gasteiger partial charge on any atom is -0.491 e. The van der Waals surface area contributed by atoms with Crippen molar-refractivity contribution in [2.24, 2.45) is 0 Å². The van der Waals surface area contributed by atoms with Crippen molar-refractivity contribution in [2.45, 2.75) is 6.42 Å². The topological polar surface area (TPSA) is 50.8 Å². The fraction of sp³-hybridized carbons (Fsp3) is 0.111. The molecule has 1 aromatic heterocycles. The molecule has 0 bridgehead atoms. The molecular formula is C18H11BrFN3O. The molecular weight excluding hydrogens is 373 g/mol. The summed E-state index contributed by atoms with van der Waals surface area (Å²) in [5.41, 5.74) is 3.46. The molecule has 0 amide bonds. The largest absolute Gasteiger partial charge is 0.491 e. The van der Waals surface area contributed by atoms with E-state index in [1.165, 1.54) is 12.1 Å². The summed E-state index contributed by atoms with van der Waals surface area (Å²) in [6.45, 7) is 0.523. The van der Waals surface area contributed by atoms with Crippen LogP contribution in [-0.4, -0.2) is 16.4 Å². The highest BCUT2D eigenvalue weighted by atomic mass is 79.9. The molecule has 0 saturated heterocycles. The number of ether oxygens (including phenoxy) is 1. The average molecular weight is 384 g/mol. The van der Waals surface area contributed by atoms with Gasteiger partial charge in [0.25, 0.3) is 0 Å². The summed E-state index contributed by atoms with van der Waals surface area (Å²) in [5, 5.41) is 14.3. The van der Waals surface area contributed by atoms with Crippen molar-refractivity contribution >= 4 is 32.4 Å². The standard InChI is InChI=1S/C18H11BrFN3O/c19-16-17-12(9-15-11(5-7-21)6-8-24-18(15)16)10-22-23(17)14-3-1-13(20)2-4-14/h1-5,9-10H,6,8H2/b11-5+. The quantitative estimate of drug-likeness (QED) is 0.576. The molecule has 2 aromatic carbocycles. The van der Waals surface area contributed by atoms with Crippen LogP contribution in [0.2, 0.25) is 0 Å². The Morgan fingerprint density at radius 1 is 1.33 bits per heavy atom. The molecule has 3 aromatic rings. The van der Waals surface area contributed by atoms with Crippen LogP contribution in [-0.2, 0) is 0 Å². The van der Waals surface area contributed by atoms with E-state index >= 15 is 0 Å². The molecule has 0 unspecified atom stereocenters. The number of fused-ring (bicyclic) bond motifs is 2. The van der Waals surface area contributed by atoms with Gasteiger partial charge in [-0.25, -0.2) is 9.07 Å². The molecule has 1 aliphatic rings. The fourth-order valence-corrected chi connectivity index (χ4v) is 3.64. The monoisotopic (exact) mass is 383 g/mol. The zero-order valence-electron chi connectivity index (χ0n) is 12.5. The first kappa shape index (κ1) is 14.9. The maximum Gasteiger partial charge on any atom is 0.143 e. The molecule has 6 heteroatoms. The number of benzene rings is 2.